The van der Waals surface area contributed by atoms with Gasteiger partial charge in [-0.25, -0.2) is 0 Å². The Hall–Kier alpha value is -0.350. The fraction of sp³-hybridized carbons (Fsp3) is 0.700. The molecule has 1 aliphatic carbocycles. The van der Waals surface area contributed by atoms with Gasteiger partial charge in [0.1, 0.15) is 0 Å². The Morgan fingerprint density at radius 3 is 2.86 bits per heavy atom. The SMILES string of the molecule is CCn1ncc(Br)c1C(N)C1(C)CC1. The van der Waals surface area contributed by atoms with Gasteiger partial charge in [0.05, 0.1) is 22.4 Å². The second-order valence-electron chi connectivity index (χ2n) is 4.33. The van der Waals surface area contributed by atoms with E-state index in [1.807, 2.05) is 10.9 Å². The van der Waals surface area contributed by atoms with E-state index >= 15 is 0 Å². The molecule has 0 radical (unpaired) electrons. The van der Waals surface area contributed by atoms with Gasteiger partial charge in [0.15, 0.2) is 0 Å². The van der Waals surface area contributed by atoms with Crippen LogP contribution >= 0.6 is 15.9 Å². The summed E-state index contributed by atoms with van der Waals surface area (Å²) in [5, 5.41) is 4.29. The third kappa shape index (κ3) is 1.50. The summed E-state index contributed by atoms with van der Waals surface area (Å²) in [4.78, 5) is 0. The van der Waals surface area contributed by atoms with Crippen LogP contribution in [0.4, 0.5) is 0 Å². The van der Waals surface area contributed by atoms with E-state index in [9.17, 15) is 0 Å². The van der Waals surface area contributed by atoms with E-state index in [0.29, 0.717) is 5.41 Å². The van der Waals surface area contributed by atoms with Crippen LogP contribution in [0.1, 0.15) is 38.4 Å². The Morgan fingerprint density at radius 1 is 1.71 bits per heavy atom. The number of hydrogen-bond acceptors (Lipinski definition) is 2. The van der Waals surface area contributed by atoms with Gasteiger partial charge in [-0.05, 0) is 41.1 Å². The van der Waals surface area contributed by atoms with E-state index in [2.05, 4.69) is 34.9 Å². The number of rotatable bonds is 3. The first-order valence-corrected chi connectivity index (χ1v) is 5.84. The molecule has 0 amide bonds. The Morgan fingerprint density at radius 2 is 2.36 bits per heavy atom. The standard InChI is InChI=1S/C10H16BrN3/c1-3-14-8(7(11)6-13-14)9(12)10(2)4-5-10/h6,9H,3-5,12H2,1-2H3. The van der Waals surface area contributed by atoms with Gasteiger partial charge >= 0.3 is 0 Å². The first-order valence-electron chi connectivity index (χ1n) is 5.05. The second-order valence-corrected chi connectivity index (χ2v) is 5.18. The maximum Gasteiger partial charge on any atom is 0.0698 e. The fourth-order valence-electron chi connectivity index (χ4n) is 1.77. The van der Waals surface area contributed by atoms with Crippen LogP contribution in [-0.4, -0.2) is 9.78 Å². The van der Waals surface area contributed by atoms with Crippen LogP contribution in [0.2, 0.25) is 0 Å². The molecule has 0 spiro atoms. The first-order chi connectivity index (χ1) is 6.58. The van der Waals surface area contributed by atoms with Crippen molar-refractivity contribution in [1.82, 2.24) is 9.78 Å². The van der Waals surface area contributed by atoms with Crippen molar-refractivity contribution in [3.8, 4) is 0 Å². The van der Waals surface area contributed by atoms with Crippen molar-refractivity contribution >= 4 is 15.9 Å². The fourth-order valence-corrected chi connectivity index (χ4v) is 2.31. The summed E-state index contributed by atoms with van der Waals surface area (Å²) in [5.41, 5.74) is 7.71. The van der Waals surface area contributed by atoms with Gasteiger partial charge < -0.3 is 5.73 Å². The molecule has 0 aliphatic heterocycles. The van der Waals surface area contributed by atoms with Crippen molar-refractivity contribution in [3.63, 3.8) is 0 Å². The van der Waals surface area contributed by atoms with Crippen LogP contribution < -0.4 is 5.73 Å². The maximum atomic E-state index is 6.27. The summed E-state index contributed by atoms with van der Waals surface area (Å²) in [6.45, 7) is 5.21. The summed E-state index contributed by atoms with van der Waals surface area (Å²) in [7, 11) is 0. The van der Waals surface area contributed by atoms with Gasteiger partial charge in [-0.15, -0.1) is 0 Å². The molecule has 14 heavy (non-hydrogen) atoms. The molecule has 1 aromatic rings. The van der Waals surface area contributed by atoms with E-state index in [-0.39, 0.29) is 6.04 Å². The molecule has 1 unspecified atom stereocenters. The van der Waals surface area contributed by atoms with E-state index in [4.69, 9.17) is 5.73 Å². The molecule has 1 aromatic heterocycles. The summed E-state index contributed by atoms with van der Waals surface area (Å²) < 4.78 is 3.03. The van der Waals surface area contributed by atoms with E-state index in [1.54, 1.807) is 0 Å². The highest BCUT2D eigenvalue weighted by Gasteiger charge is 2.45. The lowest BCUT2D eigenvalue weighted by Crippen LogP contribution is -2.24. The number of nitrogens with zero attached hydrogens (tertiary/aromatic N) is 2. The largest absolute Gasteiger partial charge is 0.322 e. The number of aromatic nitrogens is 2. The molecule has 78 valence electrons. The highest BCUT2D eigenvalue weighted by Crippen LogP contribution is 2.54. The van der Waals surface area contributed by atoms with Gasteiger partial charge in [-0.3, -0.25) is 4.68 Å². The molecule has 1 aliphatic rings. The quantitative estimate of drug-likeness (QED) is 0.905. The van der Waals surface area contributed by atoms with Crippen molar-refractivity contribution in [3.05, 3.63) is 16.4 Å². The normalized spacial score (nSPS) is 20.9. The summed E-state index contributed by atoms with van der Waals surface area (Å²) in [6.07, 6.45) is 4.30. The van der Waals surface area contributed by atoms with Crippen LogP contribution in [0.15, 0.2) is 10.7 Å². The third-order valence-corrected chi connectivity index (χ3v) is 3.83. The molecule has 2 N–H and O–H groups in total. The predicted octanol–water partition coefficient (Wildman–Crippen LogP) is 2.47. The molecule has 1 fully saturated rings. The molecule has 0 saturated heterocycles. The van der Waals surface area contributed by atoms with Crippen molar-refractivity contribution in [2.45, 2.75) is 39.3 Å². The Bertz CT molecular complexity index is 341. The van der Waals surface area contributed by atoms with Crippen molar-refractivity contribution in [1.29, 1.82) is 0 Å². The molecule has 1 heterocycles. The van der Waals surface area contributed by atoms with Gasteiger partial charge in [-0.2, -0.15) is 5.10 Å². The van der Waals surface area contributed by atoms with E-state index < -0.39 is 0 Å². The van der Waals surface area contributed by atoms with Gasteiger partial charge in [0, 0.05) is 6.54 Å². The minimum absolute atomic E-state index is 0.110. The molecule has 2 rings (SSSR count). The van der Waals surface area contributed by atoms with Crippen molar-refractivity contribution in [2.24, 2.45) is 11.1 Å². The van der Waals surface area contributed by atoms with Crippen LogP contribution in [0.25, 0.3) is 0 Å². The highest BCUT2D eigenvalue weighted by molar-refractivity contribution is 9.10. The summed E-state index contributed by atoms with van der Waals surface area (Å²) in [6, 6.07) is 0.110. The monoisotopic (exact) mass is 257 g/mol. The first kappa shape index (κ1) is 10.2. The van der Waals surface area contributed by atoms with Gasteiger partial charge in [-0.1, -0.05) is 6.92 Å². The lowest BCUT2D eigenvalue weighted by molar-refractivity contribution is 0.416. The Labute approximate surface area is 92.8 Å². The van der Waals surface area contributed by atoms with Crippen LogP contribution in [-0.2, 0) is 6.54 Å². The average molecular weight is 258 g/mol. The Kier molecular flexibility index (Phi) is 2.43. The van der Waals surface area contributed by atoms with Crippen molar-refractivity contribution < 1.29 is 0 Å². The molecule has 1 atom stereocenters. The number of aryl methyl sites for hydroxylation is 1. The zero-order chi connectivity index (χ0) is 10.3. The van der Waals surface area contributed by atoms with Gasteiger partial charge in [0.25, 0.3) is 0 Å². The molecular formula is C10H16BrN3. The van der Waals surface area contributed by atoms with Crippen LogP contribution in [0.5, 0.6) is 0 Å². The second kappa shape index (κ2) is 3.35. The van der Waals surface area contributed by atoms with Crippen LogP contribution in [0.3, 0.4) is 0 Å². The van der Waals surface area contributed by atoms with E-state index in [1.165, 1.54) is 12.8 Å². The molecule has 3 nitrogen and oxygen atoms in total. The maximum absolute atomic E-state index is 6.27. The topological polar surface area (TPSA) is 43.8 Å². The zero-order valence-corrected chi connectivity index (χ0v) is 10.2. The molecule has 0 bridgehead atoms. The number of halogens is 1. The lowest BCUT2D eigenvalue weighted by atomic mass is 9.97. The number of nitrogens with two attached hydrogens (primary N) is 1. The summed E-state index contributed by atoms with van der Waals surface area (Å²) in [5.74, 6) is 0. The molecule has 4 heteroatoms. The lowest BCUT2D eigenvalue weighted by Gasteiger charge is -2.20. The molecule has 0 aromatic carbocycles. The molecular weight excluding hydrogens is 242 g/mol. The highest BCUT2D eigenvalue weighted by atomic mass is 79.9. The average Bonchev–Trinajstić information content (AvgIpc) is 2.79. The molecule has 1 saturated carbocycles. The third-order valence-electron chi connectivity index (χ3n) is 3.22. The van der Waals surface area contributed by atoms with Gasteiger partial charge in [0.2, 0.25) is 0 Å². The van der Waals surface area contributed by atoms with Crippen molar-refractivity contribution in [2.75, 3.05) is 0 Å². The minimum atomic E-state index is 0.110. The van der Waals surface area contributed by atoms with Crippen LogP contribution in [0, 0.1) is 5.41 Å². The van der Waals surface area contributed by atoms with E-state index in [0.717, 1.165) is 16.7 Å². The Balaban J connectivity index is 2.34. The minimum Gasteiger partial charge on any atom is -0.322 e. The smallest absolute Gasteiger partial charge is 0.0698 e. The number of hydrogen-bond donors (Lipinski definition) is 1. The summed E-state index contributed by atoms with van der Waals surface area (Å²) >= 11 is 3.52. The zero-order valence-electron chi connectivity index (χ0n) is 8.63. The predicted molar refractivity (Wildman–Crippen MR) is 59.9 cm³/mol.